The molecule has 86 valence electrons. The molecule has 0 spiro atoms. The molecule has 0 bridgehead atoms. The Balaban J connectivity index is 2.31. The van der Waals surface area contributed by atoms with E-state index >= 15 is 0 Å². The Kier molecular flexibility index (Phi) is 2.50. The van der Waals surface area contributed by atoms with Gasteiger partial charge in [0.15, 0.2) is 11.0 Å². The third-order valence-corrected chi connectivity index (χ3v) is 3.92. The average molecular weight is 284 g/mol. The lowest BCUT2D eigenvalue weighted by Gasteiger charge is -1.99. The van der Waals surface area contributed by atoms with Crippen LogP contribution in [-0.4, -0.2) is 9.38 Å². The van der Waals surface area contributed by atoms with Gasteiger partial charge in [-0.2, -0.15) is 0 Å². The molecule has 3 aromatic heterocycles. The fraction of sp³-hybridized carbons (Fsp3) is 0. The van der Waals surface area contributed by atoms with Gasteiger partial charge < -0.3 is 5.73 Å². The Morgan fingerprint density at radius 2 is 2.06 bits per heavy atom. The zero-order chi connectivity index (χ0) is 12.0. The van der Waals surface area contributed by atoms with Gasteiger partial charge in [0.05, 0.1) is 14.7 Å². The van der Waals surface area contributed by atoms with Crippen molar-refractivity contribution in [2.24, 2.45) is 0 Å². The summed E-state index contributed by atoms with van der Waals surface area (Å²) in [6.07, 6.45) is 1.85. The van der Waals surface area contributed by atoms with Gasteiger partial charge in [-0.1, -0.05) is 23.2 Å². The summed E-state index contributed by atoms with van der Waals surface area (Å²) in [6, 6.07) is 7.38. The fourth-order valence-electron chi connectivity index (χ4n) is 1.67. The average Bonchev–Trinajstić information content (AvgIpc) is 2.84. The molecule has 3 nitrogen and oxygen atoms in total. The third kappa shape index (κ3) is 1.78. The van der Waals surface area contributed by atoms with Gasteiger partial charge in [-0.15, -0.1) is 11.3 Å². The SMILES string of the molecule is Nc1ccn2c(-c3ccc(Cl)s3)nc(Cl)c2c1. The summed E-state index contributed by atoms with van der Waals surface area (Å²) in [7, 11) is 0. The maximum atomic E-state index is 6.09. The van der Waals surface area contributed by atoms with Crippen LogP contribution in [0.4, 0.5) is 5.69 Å². The Morgan fingerprint density at radius 3 is 2.76 bits per heavy atom. The van der Waals surface area contributed by atoms with Crippen molar-refractivity contribution in [3.8, 4) is 10.7 Å². The van der Waals surface area contributed by atoms with Crippen molar-refractivity contribution in [1.82, 2.24) is 9.38 Å². The van der Waals surface area contributed by atoms with Crippen molar-refractivity contribution < 1.29 is 0 Å². The maximum Gasteiger partial charge on any atom is 0.156 e. The molecule has 0 atom stereocenters. The molecule has 0 fully saturated rings. The number of nitrogens with two attached hydrogens (primary N) is 1. The van der Waals surface area contributed by atoms with Gasteiger partial charge in [-0.25, -0.2) is 4.98 Å². The first-order valence-electron chi connectivity index (χ1n) is 4.84. The molecule has 3 rings (SSSR count). The number of pyridine rings is 1. The summed E-state index contributed by atoms with van der Waals surface area (Å²) >= 11 is 13.5. The first kappa shape index (κ1) is 10.9. The highest BCUT2D eigenvalue weighted by atomic mass is 35.5. The number of rotatable bonds is 1. The second kappa shape index (κ2) is 3.91. The van der Waals surface area contributed by atoms with Crippen molar-refractivity contribution in [1.29, 1.82) is 0 Å². The van der Waals surface area contributed by atoms with Crippen LogP contribution in [0, 0.1) is 0 Å². The predicted molar refractivity (Wildman–Crippen MR) is 72.9 cm³/mol. The second-order valence-electron chi connectivity index (χ2n) is 3.55. The quantitative estimate of drug-likeness (QED) is 0.735. The van der Waals surface area contributed by atoms with Crippen LogP contribution in [0.3, 0.4) is 0 Å². The minimum absolute atomic E-state index is 0.442. The van der Waals surface area contributed by atoms with E-state index in [4.69, 9.17) is 28.9 Å². The zero-order valence-electron chi connectivity index (χ0n) is 8.52. The Morgan fingerprint density at radius 1 is 1.24 bits per heavy atom. The fourth-order valence-corrected chi connectivity index (χ4v) is 2.93. The number of nitrogens with zero attached hydrogens (tertiary/aromatic N) is 2. The summed E-state index contributed by atoms with van der Waals surface area (Å²) in [4.78, 5) is 5.31. The minimum Gasteiger partial charge on any atom is -0.399 e. The number of fused-ring (bicyclic) bond motifs is 1. The molecule has 3 heterocycles. The van der Waals surface area contributed by atoms with Gasteiger partial charge in [0, 0.05) is 11.9 Å². The van der Waals surface area contributed by atoms with Crippen molar-refractivity contribution in [2.45, 2.75) is 0 Å². The standard InChI is InChI=1S/C11H7Cl2N3S/c12-9-2-1-8(17-9)11-15-10(13)7-5-6(14)3-4-16(7)11/h1-5H,14H2. The molecule has 6 heteroatoms. The molecule has 0 unspecified atom stereocenters. The lowest BCUT2D eigenvalue weighted by molar-refractivity contribution is 1.17. The van der Waals surface area contributed by atoms with Crippen LogP contribution < -0.4 is 5.73 Å². The Hall–Kier alpha value is -1.23. The predicted octanol–water partition coefficient (Wildman–Crippen LogP) is 3.95. The molecule has 17 heavy (non-hydrogen) atoms. The highest BCUT2D eigenvalue weighted by Gasteiger charge is 2.12. The van der Waals surface area contributed by atoms with E-state index in [9.17, 15) is 0 Å². The van der Waals surface area contributed by atoms with E-state index in [1.165, 1.54) is 11.3 Å². The Bertz CT molecular complexity index is 702. The third-order valence-electron chi connectivity index (χ3n) is 2.42. The summed E-state index contributed by atoms with van der Waals surface area (Å²) in [5.74, 6) is 0.780. The number of imidazole rings is 1. The van der Waals surface area contributed by atoms with Crippen molar-refractivity contribution in [3.05, 3.63) is 40.0 Å². The van der Waals surface area contributed by atoms with Crippen molar-refractivity contribution in [3.63, 3.8) is 0 Å². The normalized spacial score (nSPS) is 11.2. The summed E-state index contributed by atoms with van der Waals surface area (Å²) in [6.45, 7) is 0. The molecule has 0 saturated heterocycles. The molecule has 3 aromatic rings. The lowest BCUT2D eigenvalue weighted by atomic mass is 10.3. The number of aromatic nitrogens is 2. The number of anilines is 1. The van der Waals surface area contributed by atoms with Crippen LogP contribution in [0.5, 0.6) is 0 Å². The van der Waals surface area contributed by atoms with Gasteiger partial charge in [-0.3, -0.25) is 4.40 Å². The minimum atomic E-state index is 0.442. The summed E-state index contributed by atoms with van der Waals surface area (Å²) in [5, 5.41) is 0.442. The number of nitrogen functional groups attached to an aromatic ring is 1. The van der Waals surface area contributed by atoms with Gasteiger partial charge in [0.25, 0.3) is 0 Å². The number of hydrogen-bond acceptors (Lipinski definition) is 3. The van der Waals surface area contributed by atoms with E-state index in [1.54, 1.807) is 6.07 Å². The van der Waals surface area contributed by atoms with Crippen LogP contribution in [0.25, 0.3) is 16.2 Å². The van der Waals surface area contributed by atoms with Gasteiger partial charge in [0.2, 0.25) is 0 Å². The maximum absolute atomic E-state index is 6.09. The highest BCUT2D eigenvalue weighted by molar-refractivity contribution is 7.19. The lowest BCUT2D eigenvalue weighted by Crippen LogP contribution is -1.90. The molecule has 2 N–H and O–H groups in total. The van der Waals surface area contributed by atoms with E-state index < -0.39 is 0 Å². The molecule has 0 amide bonds. The molecular weight excluding hydrogens is 277 g/mol. The summed E-state index contributed by atoms with van der Waals surface area (Å²) in [5.41, 5.74) is 7.19. The van der Waals surface area contributed by atoms with Crippen molar-refractivity contribution >= 4 is 45.7 Å². The molecule has 0 aliphatic carbocycles. The number of hydrogen-bond donors (Lipinski definition) is 1. The first-order valence-corrected chi connectivity index (χ1v) is 6.41. The monoisotopic (exact) mass is 283 g/mol. The first-order chi connectivity index (χ1) is 8.15. The van der Waals surface area contributed by atoms with Gasteiger partial charge in [-0.05, 0) is 24.3 Å². The highest BCUT2D eigenvalue weighted by Crippen LogP contribution is 2.33. The largest absolute Gasteiger partial charge is 0.399 e. The van der Waals surface area contributed by atoms with Crippen LogP contribution in [0.2, 0.25) is 9.49 Å². The van der Waals surface area contributed by atoms with Crippen LogP contribution in [0.15, 0.2) is 30.5 Å². The smallest absolute Gasteiger partial charge is 0.156 e. The van der Waals surface area contributed by atoms with E-state index in [2.05, 4.69) is 4.98 Å². The topological polar surface area (TPSA) is 43.3 Å². The van der Waals surface area contributed by atoms with E-state index in [0.29, 0.717) is 10.8 Å². The number of thiophene rings is 1. The zero-order valence-corrected chi connectivity index (χ0v) is 10.9. The number of halogens is 2. The molecule has 0 aromatic carbocycles. The Labute approximate surface area is 111 Å². The van der Waals surface area contributed by atoms with Crippen LogP contribution in [0.1, 0.15) is 0 Å². The second-order valence-corrected chi connectivity index (χ2v) is 5.62. The van der Waals surface area contributed by atoms with Gasteiger partial charge >= 0.3 is 0 Å². The molecule has 0 aliphatic rings. The molecule has 0 saturated carbocycles. The van der Waals surface area contributed by atoms with Crippen LogP contribution in [-0.2, 0) is 0 Å². The molecular formula is C11H7Cl2N3S. The van der Waals surface area contributed by atoms with Gasteiger partial charge in [0.1, 0.15) is 0 Å². The van der Waals surface area contributed by atoms with E-state index in [-0.39, 0.29) is 0 Å². The van der Waals surface area contributed by atoms with Crippen LogP contribution >= 0.6 is 34.5 Å². The molecule has 0 radical (unpaired) electrons. The summed E-state index contributed by atoms with van der Waals surface area (Å²) < 4.78 is 2.63. The van der Waals surface area contributed by atoms with E-state index in [1.807, 2.05) is 28.8 Å². The van der Waals surface area contributed by atoms with Crippen molar-refractivity contribution in [2.75, 3.05) is 5.73 Å². The molecule has 0 aliphatic heterocycles. The van der Waals surface area contributed by atoms with E-state index in [0.717, 1.165) is 20.6 Å².